The van der Waals surface area contributed by atoms with Gasteiger partial charge in [-0.2, -0.15) is 0 Å². The van der Waals surface area contributed by atoms with Crippen molar-refractivity contribution in [2.45, 2.75) is 26.7 Å². The quantitative estimate of drug-likeness (QED) is 0.825. The van der Waals surface area contributed by atoms with E-state index in [4.69, 9.17) is 4.42 Å². The second-order valence-corrected chi connectivity index (χ2v) is 4.12. The minimum Gasteiger partial charge on any atom is -0.444 e. The summed E-state index contributed by atoms with van der Waals surface area (Å²) in [6.45, 7) is 5.61. The van der Waals surface area contributed by atoms with E-state index in [0.717, 1.165) is 25.9 Å². The maximum atomic E-state index is 11.9. The first-order valence-corrected chi connectivity index (χ1v) is 6.03. The summed E-state index contributed by atoms with van der Waals surface area (Å²) in [6, 6.07) is 3.43. The molecule has 0 spiro atoms. The number of carbonyl (C=O) groups is 1. The lowest BCUT2D eigenvalue weighted by Gasteiger charge is -2.18. The van der Waals surface area contributed by atoms with Gasteiger partial charge >= 0.3 is 0 Å². The maximum Gasteiger partial charge on any atom is 0.289 e. The summed E-state index contributed by atoms with van der Waals surface area (Å²) in [5, 5.41) is 0. The molecule has 1 amide bonds. The summed E-state index contributed by atoms with van der Waals surface area (Å²) in [5.41, 5.74) is 0. The summed E-state index contributed by atoms with van der Waals surface area (Å²) in [4.78, 5) is 13.7. The third-order valence-electron chi connectivity index (χ3n) is 2.23. The zero-order valence-electron chi connectivity index (χ0n) is 9.12. The van der Waals surface area contributed by atoms with Crippen LogP contribution in [0.25, 0.3) is 0 Å². The van der Waals surface area contributed by atoms with Gasteiger partial charge in [0.25, 0.3) is 5.91 Å². The van der Waals surface area contributed by atoms with Crippen LogP contribution in [-0.2, 0) is 0 Å². The largest absolute Gasteiger partial charge is 0.444 e. The highest BCUT2D eigenvalue weighted by Crippen LogP contribution is 2.15. The lowest BCUT2D eigenvalue weighted by Crippen LogP contribution is -2.31. The van der Waals surface area contributed by atoms with Crippen molar-refractivity contribution in [3.8, 4) is 0 Å². The molecular weight excluding hydrogens is 258 g/mol. The minimum atomic E-state index is -0.0309. The Bertz CT molecular complexity index is 322. The fourth-order valence-electron chi connectivity index (χ4n) is 1.34. The lowest BCUT2D eigenvalue weighted by atomic mass is 10.3. The van der Waals surface area contributed by atoms with Gasteiger partial charge in [-0.25, -0.2) is 0 Å². The minimum absolute atomic E-state index is 0.0309. The summed E-state index contributed by atoms with van der Waals surface area (Å²) < 4.78 is 5.83. The predicted octanol–water partition coefficient (Wildman–Crippen LogP) is 3.30. The van der Waals surface area contributed by atoms with Crippen LogP contribution in [-0.4, -0.2) is 23.9 Å². The van der Waals surface area contributed by atoms with Crippen molar-refractivity contribution in [2.75, 3.05) is 13.1 Å². The second-order valence-electron chi connectivity index (χ2n) is 3.34. The fourth-order valence-corrected chi connectivity index (χ4v) is 1.64. The average Bonchev–Trinajstić information content (AvgIpc) is 2.65. The van der Waals surface area contributed by atoms with E-state index < -0.39 is 0 Å². The van der Waals surface area contributed by atoms with Crippen molar-refractivity contribution < 1.29 is 9.21 Å². The Morgan fingerprint density at radius 3 is 2.67 bits per heavy atom. The molecule has 0 aromatic carbocycles. The molecule has 3 nitrogen and oxygen atoms in total. The van der Waals surface area contributed by atoms with Crippen LogP contribution in [0, 0.1) is 0 Å². The van der Waals surface area contributed by atoms with Crippen LogP contribution in [0.15, 0.2) is 21.2 Å². The van der Waals surface area contributed by atoms with Crippen LogP contribution >= 0.6 is 15.9 Å². The zero-order chi connectivity index (χ0) is 11.3. The highest BCUT2D eigenvalue weighted by Gasteiger charge is 2.16. The molecule has 0 aliphatic rings. The Labute approximate surface area is 98.6 Å². The number of amides is 1. The fraction of sp³-hybridized carbons (Fsp3) is 0.545. The van der Waals surface area contributed by atoms with Gasteiger partial charge in [-0.1, -0.05) is 13.3 Å². The van der Waals surface area contributed by atoms with E-state index >= 15 is 0 Å². The summed E-state index contributed by atoms with van der Waals surface area (Å²) in [7, 11) is 0. The highest BCUT2D eigenvalue weighted by atomic mass is 79.9. The van der Waals surface area contributed by atoms with Crippen LogP contribution in [0.5, 0.6) is 0 Å². The lowest BCUT2D eigenvalue weighted by molar-refractivity contribution is 0.0729. The second kappa shape index (κ2) is 5.95. The van der Waals surface area contributed by atoms with Gasteiger partial charge in [0.1, 0.15) is 0 Å². The molecule has 0 unspecified atom stereocenters. The molecule has 84 valence electrons. The van der Waals surface area contributed by atoms with E-state index in [2.05, 4.69) is 22.9 Å². The van der Waals surface area contributed by atoms with Gasteiger partial charge in [0, 0.05) is 13.1 Å². The van der Waals surface area contributed by atoms with Gasteiger partial charge in [-0.15, -0.1) is 0 Å². The molecule has 0 bridgehead atoms. The van der Waals surface area contributed by atoms with Crippen molar-refractivity contribution >= 4 is 21.8 Å². The van der Waals surface area contributed by atoms with E-state index in [0.29, 0.717) is 10.4 Å². The number of hydrogen-bond acceptors (Lipinski definition) is 2. The molecule has 0 aliphatic carbocycles. The molecule has 0 radical (unpaired) electrons. The number of nitrogens with zero attached hydrogens (tertiary/aromatic N) is 1. The Balaban J connectivity index is 2.64. The Hall–Kier alpha value is -0.770. The smallest absolute Gasteiger partial charge is 0.289 e. The molecule has 0 saturated carbocycles. The number of carbonyl (C=O) groups excluding carboxylic acids is 1. The molecule has 0 aliphatic heterocycles. The predicted molar refractivity (Wildman–Crippen MR) is 62.9 cm³/mol. The molecule has 0 atom stereocenters. The van der Waals surface area contributed by atoms with Gasteiger partial charge in [-0.3, -0.25) is 4.79 Å². The van der Waals surface area contributed by atoms with E-state index in [1.807, 2.05) is 6.92 Å². The summed E-state index contributed by atoms with van der Waals surface area (Å²) >= 11 is 3.19. The molecule has 1 rings (SSSR count). The van der Waals surface area contributed by atoms with E-state index in [9.17, 15) is 4.79 Å². The van der Waals surface area contributed by atoms with Gasteiger partial charge in [-0.05, 0) is 41.4 Å². The van der Waals surface area contributed by atoms with E-state index in [1.54, 1.807) is 17.0 Å². The number of rotatable bonds is 5. The molecule has 0 fully saturated rings. The standard InChI is InChI=1S/C11H16BrNO2/c1-3-5-8-13(4-2)11(14)9-6-7-10(12)15-9/h6-7H,3-5,8H2,1-2H3. The van der Waals surface area contributed by atoms with Crippen LogP contribution in [0.3, 0.4) is 0 Å². The van der Waals surface area contributed by atoms with Crippen molar-refractivity contribution in [1.29, 1.82) is 0 Å². The Kier molecular flexibility index (Phi) is 4.88. The van der Waals surface area contributed by atoms with Gasteiger partial charge in [0.05, 0.1) is 0 Å². The summed E-state index contributed by atoms with van der Waals surface area (Å²) in [6.07, 6.45) is 2.12. The van der Waals surface area contributed by atoms with Crippen molar-refractivity contribution in [3.63, 3.8) is 0 Å². The SMILES string of the molecule is CCCCN(CC)C(=O)c1ccc(Br)o1. The molecule has 1 aromatic heterocycles. The first-order valence-electron chi connectivity index (χ1n) is 5.23. The molecule has 0 saturated heterocycles. The topological polar surface area (TPSA) is 33.5 Å². The van der Waals surface area contributed by atoms with E-state index in [-0.39, 0.29) is 5.91 Å². The average molecular weight is 274 g/mol. The number of hydrogen-bond donors (Lipinski definition) is 0. The Morgan fingerprint density at radius 1 is 1.47 bits per heavy atom. The first kappa shape index (κ1) is 12.3. The van der Waals surface area contributed by atoms with Gasteiger partial charge in [0.2, 0.25) is 0 Å². The Morgan fingerprint density at radius 2 is 2.20 bits per heavy atom. The molecule has 0 N–H and O–H groups in total. The summed E-state index contributed by atoms with van der Waals surface area (Å²) in [5.74, 6) is 0.372. The zero-order valence-corrected chi connectivity index (χ0v) is 10.7. The van der Waals surface area contributed by atoms with Crippen LogP contribution in [0.1, 0.15) is 37.2 Å². The normalized spacial score (nSPS) is 10.3. The number of halogens is 1. The van der Waals surface area contributed by atoms with E-state index in [1.165, 1.54) is 0 Å². The van der Waals surface area contributed by atoms with Crippen LogP contribution in [0.4, 0.5) is 0 Å². The third kappa shape index (κ3) is 3.38. The molecule has 1 aromatic rings. The highest BCUT2D eigenvalue weighted by molar-refractivity contribution is 9.10. The molecular formula is C11H16BrNO2. The monoisotopic (exact) mass is 273 g/mol. The van der Waals surface area contributed by atoms with Gasteiger partial charge < -0.3 is 9.32 Å². The maximum absolute atomic E-state index is 11.9. The molecule has 4 heteroatoms. The number of unbranched alkanes of at least 4 members (excludes halogenated alkanes) is 1. The number of furan rings is 1. The van der Waals surface area contributed by atoms with Crippen molar-refractivity contribution in [2.24, 2.45) is 0 Å². The molecule has 1 heterocycles. The van der Waals surface area contributed by atoms with Gasteiger partial charge in [0.15, 0.2) is 10.4 Å². The van der Waals surface area contributed by atoms with Crippen molar-refractivity contribution in [1.82, 2.24) is 4.90 Å². The molecule has 15 heavy (non-hydrogen) atoms. The van der Waals surface area contributed by atoms with Crippen LogP contribution < -0.4 is 0 Å². The van der Waals surface area contributed by atoms with Crippen LogP contribution in [0.2, 0.25) is 0 Å². The first-order chi connectivity index (χ1) is 7.19. The van der Waals surface area contributed by atoms with Crippen molar-refractivity contribution in [3.05, 3.63) is 22.6 Å². The third-order valence-corrected chi connectivity index (χ3v) is 2.66.